The Morgan fingerprint density at radius 3 is 2.48 bits per heavy atom. The minimum absolute atomic E-state index is 0.210. The standard InChI is InChI=1S/C16H13N3O4/c1-9(20)18-12-5-2-10(3-6-12)15(21)19-13-7-4-11(17)8-14(13)23-16(19)22/h2-8H,17H2,1H3,(H,18,20). The normalized spacial score (nSPS) is 10.7. The highest BCUT2D eigenvalue weighted by Crippen LogP contribution is 2.18. The SMILES string of the molecule is CC(=O)Nc1ccc(C(=O)n2c(=O)oc3cc(N)ccc32)cc1. The molecule has 0 atom stereocenters. The summed E-state index contributed by atoms with van der Waals surface area (Å²) in [7, 11) is 0. The lowest BCUT2D eigenvalue weighted by molar-refractivity contribution is -0.114. The van der Waals surface area contributed by atoms with Gasteiger partial charge in [-0.1, -0.05) is 0 Å². The van der Waals surface area contributed by atoms with Crippen LogP contribution in [0.5, 0.6) is 0 Å². The van der Waals surface area contributed by atoms with Crippen molar-refractivity contribution in [2.45, 2.75) is 6.92 Å². The predicted molar refractivity (Wildman–Crippen MR) is 85.4 cm³/mol. The average Bonchev–Trinajstić information content (AvgIpc) is 2.81. The summed E-state index contributed by atoms with van der Waals surface area (Å²) in [5.74, 6) is -1.51. The number of carbonyl (C=O) groups excluding carboxylic acids is 2. The van der Waals surface area contributed by atoms with Gasteiger partial charge in [-0.25, -0.2) is 9.36 Å². The molecule has 0 saturated heterocycles. The Kier molecular flexibility index (Phi) is 3.46. The molecule has 0 saturated carbocycles. The number of nitrogens with two attached hydrogens (primary N) is 1. The molecule has 0 unspecified atom stereocenters. The van der Waals surface area contributed by atoms with E-state index in [4.69, 9.17) is 10.2 Å². The van der Waals surface area contributed by atoms with Crippen LogP contribution >= 0.6 is 0 Å². The Bertz CT molecular complexity index is 967. The molecule has 0 aliphatic carbocycles. The van der Waals surface area contributed by atoms with Gasteiger partial charge in [0, 0.05) is 29.9 Å². The molecule has 0 fully saturated rings. The van der Waals surface area contributed by atoms with Gasteiger partial charge in [-0.05, 0) is 36.4 Å². The van der Waals surface area contributed by atoms with Crippen molar-refractivity contribution in [1.29, 1.82) is 0 Å². The number of nitrogen functional groups attached to an aromatic ring is 1. The molecule has 7 heteroatoms. The van der Waals surface area contributed by atoms with Gasteiger partial charge in [0.2, 0.25) is 5.91 Å². The first-order valence-corrected chi connectivity index (χ1v) is 6.79. The van der Waals surface area contributed by atoms with Crippen LogP contribution in [0.2, 0.25) is 0 Å². The summed E-state index contributed by atoms with van der Waals surface area (Å²) in [6.07, 6.45) is 0. The minimum atomic E-state index is -0.776. The summed E-state index contributed by atoms with van der Waals surface area (Å²) in [4.78, 5) is 35.5. The molecule has 0 aliphatic heterocycles. The molecule has 0 spiro atoms. The van der Waals surface area contributed by atoms with Gasteiger partial charge in [0.25, 0.3) is 5.91 Å². The van der Waals surface area contributed by atoms with E-state index in [-0.39, 0.29) is 11.5 Å². The second-order valence-electron chi connectivity index (χ2n) is 4.99. The molecule has 116 valence electrons. The van der Waals surface area contributed by atoms with E-state index in [1.807, 2.05) is 0 Å². The van der Waals surface area contributed by atoms with Gasteiger partial charge >= 0.3 is 5.76 Å². The lowest BCUT2D eigenvalue weighted by Gasteiger charge is -2.04. The van der Waals surface area contributed by atoms with E-state index in [2.05, 4.69) is 5.32 Å². The van der Waals surface area contributed by atoms with Crippen molar-refractivity contribution in [3.63, 3.8) is 0 Å². The van der Waals surface area contributed by atoms with Crippen LogP contribution in [0.25, 0.3) is 11.1 Å². The molecule has 23 heavy (non-hydrogen) atoms. The minimum Gasteiger partial charge on any atom is -0.407 e. The van der Waals surface area contributed by atoms with Crippen molar-refractivity contribution in [2.75, 3.05) is 11.1 Å². The molecule has 3 aromatic rings. The Labute approximate surface area is 130 Å². The number of carbonyl (C=O) groups is 2. The number of anilines is 2. The second kappa shape index (κ2) is 5.45. The first-order valence-electron chi connectivity index (χ1n) is 6.79. The topological polar surface area (TPSA) is 107 Å². The van der Waals surface area contributed by atoms with Crippen LogP contribution in [0.4, 0.5) is 11.4 Å². The van der Waals surface area contributed by atoms with Gasteiger partial charge in [0.05, 0.1) is 5.52 Å². The maximum atomic E-state index is 12.5. The van der Waals surface area contributed by atoms with Gasteiger partial charge in [-0.15, -0.1) is 0 Å². The Balaban J connectivity index is 2.02. The highest BCUT2D eigenvalue weighted by atomic mass is 16.4. The molecule has 3 N–H and O–H groups in total. The molecule has 0 radical (unpaired) electrons. The van der Waals surface area contributed by atoms with Gasteiger partial charge in [0.1, 0.15) is 0 Å². The summed E-state index contributed by atoms with van der Waals surface area (Å²) in [6, 6.07) is 10.8. The highest BCUT2D eigenvalue weighted by Gasteiger charge is 2.17. The van der Waals surface area contributed by atoms with Crippen molar-refractivity contribution in [1.82, 2.24) is 4.57 Å². The average molecular weight is 311 g/mol. The van der Waals surface area contributed by atoms with Crippen LogP contribution in [-0.2, 0) is 4.79 Å². The van der Waals surface area contributed by atoms with Gasteiger partial charge in [-0.3, -0.25) is 9.59 Å². The Hall–Kier alpha value is -3.35. The monoisotopic (exact) mass is 311 g/mol. The number of amides is 1. The van der Waals surface area contributed by atoms with Crippen LogP contribution in [0.1, 0.15) is 17.3 Å². The molecule has 0 aliphatic rings. The third-order valence-electron chi connectivity index (χ3n) is 3.26. The quantitative estimate of drug-likeness (QED) is 0.702. The van der Waals surface area contributed by atoms with Crippen molar-refractivity contribution < 1.29 is 14.0 Å². The number of hydrogen-bond acceptors (Lipinski definition) is 5. The van der Waals surface area contributed by atoms with E-state index in [1.165, 1.54) is 25.1 Å². The predicted octanol–water partition coefficient (Wildman–Crippen LogP) is 1.82. The first-order chi connectivity index (χ1) is 11.0. The largest absolute Gasteiger partial charge is 0.427 e. The number of fused-ring (bicyclic) bond motifs is 1. The maximum Gasteiger partial charge on any atom is 0.427 e. The third-order valence-corrected chi connectivity index (χ3v) is 3.26. The van der Waals surface area contributed by atoms with Crippen molar-refractivity contribution >= 4 is 34.3 Å². The molecular formula is C16H13N3O4. The summed E-state index contributed by atoms with van der Waals surface area (Å²) < 4.78 is 6.00. The van der Waals surface area contributed by atoms with Crippen molar-refractivity contribution in [3.8, 4) is 0 Å². The van der Waals surface area contributed by atoms with E-state index in [1.54, 1.807) is 24.3 Å². The Morgan fingerprint density at radius 2 is 1.83 bits per heavy atom. The van der Waals surface area contributed by atoms with E-state index in [0.717, 1.165) is 4.57 Å². The van der Waals surface area contributed by atoms with Crippen molar-refractivity contribution in [3.05, 3.63) is 58.6 Å². The zero-order valence-electron chi connectivity index (χ0n) is 12.2. The van der Waals surface area contributed by atoms with Crippen LogP contribution in [0, 0.1) is 0 Å². The summed E-state index contributed by atoms with van der Waals surface area (Å²) in [5.41, 5.74) is 7.52. The van der Waals surface area contributed by atoms with Crippen LogP contribution in [0.3, 0.4) is 0 Å². The van der Waals surface area contributed by atoms with E-state index in [0.29, 0.717) is 22.5 Å². The number of aromatic nitrogens is 1. The van der Waals surface area contributed by atoms with Crippen LogP contribution < -0.4 is 16.8 Å². The van der Waals surface area contributed by atoms with E-state index >= 15 is 0 Å². The molecule has 1 aromatic heterocycles. The highest BCUT2D eigenvalue weighted by molar-refractivity contribution is 6.01. The smallest absolute Gasteiger partial charge is 0.407 e. The number of rotatable bonds is 2. The molecule has 1 amide bonds. The van der Waals surface area contributed by atoms with E-state index in [9.17, 15) is 14.4 Å². The molecule has 7 nitrogen and oxygen atoms in total. The lowest BCUT2D eigenvalue weighted by atomic mass is 10.2. The number of hydrogen-bond donors (Lipinski definition) is 2. The van der Waals surface area contributed by atoms with Crippen LogP contribution in [0.15, 0.2) is 51.7 Å². The third kappa shape index (κ3) is 2.71. The number of nitrogens with one attached hydrogen (secondary N) is 1. The molecular weight excluding hydrogens is 298 g/mol. The lowest BCUT2D eigenvalue weighted by Crippen LogP contribution is -2.23. The van der Waals surface area contributed by atoms with E-state index < -0.39 is 11.7 Å². The summed E-state index contributed by atoms with van der Waals surface area (Å²) in [5, 5.41) is 2.60. The summed E-state index contributed by atoms with van der Waals surface area (Å²) >= 11 is 0. The fourth-order valence-electron chi connectivity index (χ4n) is 2.26. The van der Waals surface area contributed by atoms with Gasteiger partial charge < -0.3 is 15.5 Å². The van der Waals surface area contributed by atoms with Gasteiger partial charge in [0.15, 0.2) is 5.58 Å². The Morgan fingerprint density at radius 1 is 1.13 bits per heavy atom. The first kappa shape index (κ1) is 14.6. The number of oxazole rings is 1. The molecule has 0 bridgehead atoms. The van der Waals surface area contributed by atoms with Crippen molar-refractivity contribution in [2.24, 2.45) is 0 Å². The molecule has 2 aromatic carbocycles. The fraction of sp³-hybridized carbons (Fsp3) is 0.0625. The second-order valence-corrected chi connectivity index (χ2v) is 4.99. The fourth-order valence-corrected chi connectivity index (χ4v) is 2.26. The zero-order chi connectivity index (χ0) is 16.6. The van der Waals surface area contributed by atoms with Crippen LogP contribution in [-0.4, -0.2) is 16.4 Å². The number of nitrogens with zero attached hydrogens (tertiary/aromatic N) is 1. The van der Waals surface area contributed by atoms with Gasteiger partial charge in [-0.2, -0.15) is 0 Å². The number of benzene rings is 2. The molecule has 1 heterocycles. The summed E-state index contributed by atoms with van der Waals surface area (Å²) in [6.45, 7) is 1.39. The zero-order valence-corrected chi connectivity index (χ0v) is 12.2. The molecule has 3 rings (SSSR count). The maximum absolute atomic E-state index is 12.5.